The van der Waals surface area contributed by atoms with E-state index in [1.807, 2.05) is 0 Å². The fourth-order valence-corrected chi connectivity index (χ4v) is 1.73. The maximum absolute atomic E-state index is 3.31. The van der Waals surface area contributed by atoms with E-state index in [0.717, 1.165) is 13.1 Å². The molecule has 0 amide bonds. The molecule has 62 valence electrons. The summed E-state index contributed by atoms with van der Waals surface area (Å²) >= 11 is 1.78. The first kappa shape index (κ1) is 8.75. The first-order valence-corrected chi connectivity index (χ1v) is 5.09. The summed E-state index contributed by atoms with van der Waals surface area (Å²) in [6, 6.07) is 2.20. The van der Waals surface area contributed by atoms with Crippen molar-refractivity contribution in [1.29, 1.82) is 0 Å². The molecule has 0 bridgehead atoms. The molecule has 0 aromatic carbocycles. The van der Waals surface area contributed by atoms with Gasteiger partial charge in [0.25, 0.3) is 0 Å². The Hall–Kier alpha value is -0.340. The van der Waals surface area contributed by atoms with E-state index in [1.165, 1.54) is 18.4 Å². The molecular weight excluding hydrogens is 154 g/mol. The third kappa shape index (κ3) is 3.54. The molecule has 1 aromatic heterocycles. The molecule has 0 aliphatic heterocycles. The largest absolute Gasteiger partial charge is 0.317 e. The maximum atomic E-state index is 3.31. The molecule has 0 radical (unpaired) electrons. The molecule has 2 heteroatoms. The first-order valence-electron chi connectivity index (χ1n) is 4.15. The van der Waals surface area contributed by atoms with Crippen LogP contribution in [0.25, 0.3) is 0 Å². The third-order valence-corrected chi connectivity index (χ3v) is 2.38. The molecule has 1 N–H and O–H groups in total. The Kier molecular flexibility index (Phi) is 4.24. The van der Waals surface area contributed by atoms with Gasteiger partial charge in [0.1, 0.15) is 0 Å². The van der Waals surface area contributed by atoms with E-state index in [0.29, 0.717) is 0 Å². The number of hydrogen-bond acceptors (Lipinski definition) is 2. The summed E-state index contributed by atoms with van der Waals surface area (Å²) in [6.45, 7) is 4.38. The normalized spacial score (nSPS) is 10.3. The number of thiophene rings is 1. The van der Waals surface area contributed by atoms with Crippen molar-refractivity contribution in [3.8, 4) is 0 Å². The van der Waals surface area contributed by atoms with Gasteiger partial charge >= 0.3 is 0 Å². The molecule has 0 saturated carbocycles. The first-order chi connectivity index (χ1) is 5.43. The van der Waals surface area contributed by atoms with Crippen molar-refractivity contribution >= 4 is 11.3 Å². The summed E-state index contributed by atoms with van der Waals surface area (Å²) in [7, 11) is 0. The van der Waals surface area contributed by atoms with E-state index >= 15 is 0 Å². The van der Waals surface area contributed by atoms with Crippen molar-refractivity contribution in [1.82, 2.24) is 5.32 Å². The van der Waals surface area contributed by atoms with Crippen molar-refractivity contribution in [2.24, 2.45) is 0 Å². The van der Waals surface area contributed by atoms with Gasteiger partial charge in [0, 0.05) is 0 Å². The quantitative estimate of drug-likeness (QED) is 0.667. The van der Waals surface area contributed by atoms with Gasteiger partial charge < -0.3 is 5.32 Å². The predicted molar refractivity (Wildman–Crippen MR) is 51.2 cm³/mol. The SMILES string of the molecule is CCNCCCc1ccsc1. The molecular formula is C9H15NS. The summed E-state index contributed by atoms with van der Waals surface area (Å²) in [4.78, 5) is 0. The molecule has 0 unspecified atom stereocenters. The summed E-state index contributed by atoms with van der Waals surface area (Å²) in [5.41, 5.74) is 1.48. The van der Waals surface area contributed by atoms with Gasteiger partial charge in [0.05, 0.1) is 0 Å². The third-order valence-electron chi connectivity index (χ3n) is 1.65. The molecule has 11 heavy (non-hydrogen) atoms. The fourth-order valence-electron chi connectivity index (χ4n) is 1.03. The second-order valence-electron chi connectivity index (χ2n) is 2.59. The maximum Gasteiger partial charge on any atom is -0.00459 e. The van der Waals surface area contributed by atoms with E-state index in [4.69, 9.17) is 0 Å². The monoisotopic (exact) mass is 169 g/mol. The lowest BCUT2D eigenvalue weighted by Gasteiger charge is -1.98. The van der Waals surface area contributed by atoms with Gasteiger partial charge in [-0.2, -0.15) is 11.3 Å². The van der Waals surface area contributed by atoms with Gasteiger partial charge in [0.2, 0.25) is 0 Å². The molecule has 1 heterocycles. The average Bonchev–Trinajstić information content (AvgIpc) is 2.50. The Labute approximate surface area is 72.4 Å². The lowest BCUT2D eigenvalue weighted by molar-refractivity contribution is 0.673. The van der Waals surface area contributed by atoms with Crippen LogP contribution in [0.4, 0.5) is 0 Å². The Bertz CT molecular complexity index is 170. The highest BCUT2D eigenvalue weighted by Gasteiger charge is 1.91. The van der Waals surface area contributed by atoms with Gasteiger partial charge in [-0.05, 0) is 48.3 Å². The standard InChI is InChI=1S/C9H15NS/c1-2-10-6-3-4-9-5-7-11-8-9/h5,7-8,10H,2-4,6H2,1H3. The fraction of sp³-hybridized carbons (Fsp3) is 0.556. The molecule has 0 aliphatic rings. The van der Waals surface area contributed by atoms with E-state index in [1.54, 1.807) is 11.3 Å². The molecule has 1 rings (SSSR count). The zero-order chi connectivity index (χ0) is 7.94. The topological polar surface area (TPSA) is 12.0 Å². The van der Waals surface area contributed by atoms with Crippen LogP contribution in [0.1, 0.15) is 18.9 Å². The molecule has 0 fully saturated rings. The molecule has 1 nitrogen and oxygen atoms in total. The molecule has 0 saturated heterocycles. The summed E-state index contributed by atoms with van der Waals surface area (Å²) in [5.74, 6) is 0. The second-order valence-corrected chi connectivity index (χ2v) is 3.37. The van der Waals surface area contributed by atoms with Crippen LogP contribution in [0, 0.1) is 0 Å². The highest BCUT2D eigenvalue weighted by molar-refractivity contribution is 7.07. The Morgan fingerprint density at radius 3 is 3.09 bits per heavy atom. The Morgan fingerprint density at radius 1 is 1.55 bits per heavy atom. The Balaban J connectivity index is 2.04. The van der Waals surface area contributed by atoms with E-state index in [-0.39, 0.29) is 0 Å². The molecule has 0 aliphatic carbocycles. The number of aryl methyl sites for hydroxylation is 1. The van der Waals surface area contributed by atoms with Gasteiger partial charge in [-0.1, -0.05) is 6.92 Å². The lowest BCUT2D eigenvalue weighted by Crippen LogP contribution is -2.14. The van der Waals surface area contributed by atoms with Gasteiger partial charge in [-0.25, -0.2) is 0 Å². The van der Waals surface area contributed by atoms with Crippen molar-refractivity contribution < 1.29 is 0 Å². The minimum absolute atomic E-state index is 1.09. The highest BCUT2D eigenvalue weighted by Crippen LogP contribution is 2.07. The minimum atomic E-state index is 1.09. The minimum Gasteiger partial charge on any atom is -0.317 e. The highest BCUT2D eigenvalue weighted by atomic mass is 32.1. The van der Waals surface area contributed by atoms with E-state index in [2.05, 4.69) is 29.1 Å². The van der Waals surface area contributed by atoms with Crippen LogP contribution in [0.2, 0.25) is 0 Å². The van der Waals surface area contributed by atoms with Crippen LogP contribution in [-0.4, -0.2) is 13.1 Å². The number of rotatable bonds is 5. The van der Waals surface area contributed by atoms with Crippen LogP contribution < -0.4 is 5.32 Å². The zero-order valence-corrected chi connectivity index (χ0v) is 7.79. The summed E-state index contributed by atoms with van der Waals surface area (Å²) in [5, 5.41) is 7.68. The summed E-state index contributed by atoms with van der Waals surface area (Å²) < 4.78 is 0. The van der Waals surface area contributed by atoms with Gasteiger partial charge in [-0.3, -0.25) is 0 Å². The molecule has 0 spiro atoms. The van der Waals surface area contributed by atoms with Crippen LogP contribution in [0.15, 0.2) is 16.8 Å². The average molecular weight is 169 g/mol. The molecule has 1 aromatic rings. The van der Waals surface area contributed by atoms with Crippen molar-refractivity contribution in [3.05, 3.63) is 22.4 Å². The van der Waals surface area contributed by atoms with Crippen molar-refractivity contribution in [2.75, 3.05) is 13.1 Å². The van der Waals surface area contributed by atoms with Crippen LogP contribution in [-0.2, 0) is 6.42 Å². The van der Waals surface area contributed by atoms with Crippen molar-refractivity contribution in [2.45, 2.75) is 19.8 Å². The smallest absolute Gasteiger partial charge is 0.00459 e. The van der Waals surface area contributed by atoms with Gasteiger partial charge in [0.15, 0.2) is 0 Å². The van der Waals surface area contributed by atoms with Crippen LogP contribution in [0.5, 0.6) is 0 Å². The second kappa shape index (κ2) is 5.33. The van der Waals surface area contributed by atoms with Crippen molar-refractivity contribution in [3.63, 3.8) is 0 Å². The van der Waals surface area contributed by atoms with Crippen LogP contribution in [0.3, 0.4) is 0 Å². The summed E-state index contributed by atoms with van der Waals surface area (Å²) in [6.07, 6.45) is 2.47. The van der Waals surface area contributed by atoms with E-state index < -0.39 is 0 Å². The number of hydrogen-bond donors (Lipinski definition) is 1. The zero-order valence-electron chi connectivity index (χ0n) is 6.97. The number of nitrogens with one attached hydrogen (secondary N) is 1. The predicted octanol–water partition coefficient (Wildman–Crippen LogP) is 2.29. The molecule has 0 atom stereocenters. The lowest BCUT2D eigenvalue weighted by atomic mass is 10.2. The van der Waals surface area contributed by atoms with Crippen LogP contribution >= 0.6 is 11.3 Å². The Morgan fingerprint density at radius 2 is 2.45 bits per heavy atom. The van der Waals surface area contributed by atoms with Gasteiger partial charge in [-0.15, -0.1) is 0 Å². The van der Waals surface area contributed by atoms with E-state index in [9.17, 15) is 0 Å².